The Morgan fingerprint density at radius 1 is 1.29 bits per heavy atom. The molecule has 1 atom stereocenters. The van der Waals surface area contributed by atoms with Crippen LogP contribution in [0.1, 0.15) is 45.1 Å². The molecule has 21 heavy (non-hydrogen) atoms. The van der Waals surface area contributed by atoms with Crippen LogP contribution in [0, 0.1) is 5.41 Å². The Morgan fingerprint density at radius 3 is 2.71 bits per heavy atom. The van der Waals surface area contributed by atoms with Gasteiger partial charge in [0.1, 0.15) is 5.75 Å². The van der Waals surface area contributed by atoms with Crippen molar-refractivity contribution >= 4 is 0 Å². The molecule has 0 saturated carbocycles. The lowest BCUT2D eigenvalue weighted by atomic mass is 9.75. The molecule has 0 heterocycles. The van der Waals surface area contributed by atoms with E-state index in [1.165, 1.54) is 24.8 Å². The summed E-state index contributed by atoms with van der Waals surface area (Å²) in [5.74, 6) is 0.361. The summed E-state index contributed by atoms with van der Waals surface area (Å²) in [4.78, 5) is 0. The maximum absolute atomic E-state index is 9.67. The molecule has 0 amide bonds. The number of methoxy groups -OCH3 is 1. The largest absolute Gasteiger partial charge is 0.508 e. The molecule has 0 aliphatic rings. The summed E-state index contributed by atoms with van der Waals surface area (Å²) < 4.78 is 5.11. The van der Waals surface area contributed by atoms with Gasteiger partial charge in [-0.1, -0.05) is 38.8 Å². The highest BCUT2D eigenvalue weighted by Crippen LogP contribution is 2.33. The second-order valence-corrected chi connectivity index (χ2v) is 5.97. The molecular formula is C18H31NO2. The van der Waals surface area contributed by atoms with Gasteiger partial charge < -0.3 is 15.2 Å². The van der Waals surface area contributed by atoms with Crippen molar-refractivity contribution in [2.75, 3.05) is 26.8 Å². The van der Waals surface area contributed by atoms with Crippen LogP contribution in [0.5, 0.6) is 5.75 Å². The highest BCUT2D eigenvalue weighted by Gasteiger charge is 2.27. The molecule has 120 valence electrons. The van der Waals surface area contributed by atoms with Gasteiger partial charge in [0, 0.05) is 20.2 Å². The van der Waals surface area contributed by atoms with Gasteiger partial charge in [-0.05, 0) is 42.4 Å². The fraction of sp³-hybridized carbons (Fsp3) is 0.667. The maximum Gasteiger partial charge on any atom is 0.115 e. The van der Waals surface area contributed by atoms with Crippen LogP contribution in [-0.2, 0) is 11.2 Å². The zero-order valence-electron chi connectivity index (χ0n) is 13.8. The second kappa shape index (κ2) is 9.80. The number of phenols is 1. The molecule has 1 aromatic carbocycles. The Morgan fingerprint density at radius 2 is 2.10 bits per heavy atom. The van der Waals surface area contributed by atoms with Gasteiger partial charge in [-0.2, -0.15) is 0 Å². The van der Waals surface area contributed by atoms with E-state index in [9.17, 15) is 5.11 Å². The Kier molecular flexibility index (Phi) is 8.40. The van der Waals surface area contributed by atoms with Gasteiger partial charge in [0.25, 0.3) is 0 Å². The van der Waals surface area contributed by atoms with Gasteiger partial charge in [-0.15, -0.1) is 0 Å². The third-order valence-corrected chi connectivity index (χ3v) is 4.28. The van der Waals surface area contributed by atoms with Crippen LogP contribution in [0.2, 0.25) is 0 Å². The third kappa shape index (κ3) is 6.49. The van der Waals surface area contributed by atoms with E-state index in [-0.39, 0.29) is 5.41 Å². The summed E-state index contributed by atoms with van der Waals surface area (Å²) in [5, 5.41) is 13.2. The fourth-order valence-electron chi connectivity index (χ4n) is 2.85. The number of unbranched alkanes of at least 4 members (excludes halogenated alkanes) is 1. The molecule has 1 aromatic rings. The van der Waals surface area contributed by atoms with E-state index < -0.39 is 0 Å². The van der Waals surface area contributed by atoms with E-state index in [0.29, 0.717) is 5.75 Å². The second-order valence-electron chi connectivity index (χ2n) is 5.97. The number of aromatic hydroxyl groups is 1. The van der Waals surface area contributed by atoms with Gasteiger partial charge in [-0.3, -0.25) is 0 Å². The first-order chi connectivity index (χ1) is 10.2. The van der Waals surface area contributed by atoms with Gasteiger partial charge in [0.05, 0.1) is 6.61 Å². The average Bonchev–Trinajstić information content (AvgIpc) is 2.49. The molecular weight excluding hydrogens is 262 g/mol. The molecule has 0 aliphatic heterocycles. The summed E-state index contributed by atoms with van der Waals surface area (Å²) in [6.45, 7) is 7.16. The van der Waals surface area contributed by atoms with E-state index in [0.717, 1.165) is 32.5 Å². The molecule has 0 bridgehead atoms. The Labute approximate surface area is 129 Å². The lowest BCUT2D eigenvalue weighted by Crippen LogP contribution is -2.37. The number of nitrogens with one attached hydrogen (secondary N) is 1. The molecule has 3 nitrogen and oxygen atoms in total. The summed E-state index contributed by atoms with van der Waals surface area (Å²) in [7, 11) is 1.73. The first-order valence-electron chi connectivity index (χ1n) is 8.13. The average molecular weight is 293 g/mol. The first kappa shape index (κ1) is 18.0. The molecule has 2 N–H and O–H groups in total. The number of rotatable bonds is 11. The number of hydrogen-bond donors (Lipinski definition) is 2. The Balaban J connectivity index is 2.73. The smallest absolute Gasteiger partial charge is 0.115 e. The van der Waals surface area contributed by atoms with Crippen molar-refractivity contribution in [3.8, 4) is 5.75 Å². The highest BCUT2D eigenvalue weighted by molar-refractivity contribution is 5.28. The summed E-state index contributed by atoms with van der Waals surface area (Å²) >= 11 is 0. The molecule has 0 aliphatic carbocycles. The minimum atomic E-state index is 0.261. The molecule has 0 aromatic heterocycles. The zero-order chi connectivity index (χ0) is 15.6. The molecule has 0 saturated heterocycles. The van der Waals surface area contributed by atoms with Gasteiger partial charge in [0.2, 0.25) is 0 Å². The number of hydrogen-bond acceptors (Lipinski definition) is 3. The summed E-state index contributed by atoms with van der Waals surface area (Å²) in [6.07, 6.45) is 5.84. The van der Waals surface area contributed by atoms with Crippen molar-refractivity contribution in [1.82, 2.24) is 5.32 Å². The minimum absolute atomic E-state index is 0.261. The van der Waals surface area contributed by atoms with Crippen LogP contribution >= 0.6 is 0 Å². The predicted octanol–water partition coefficient (Wildman–Crippen LogP) is 3.76. The van der Waals surface area contributed by atoms with Crippen molar-refractivity contribution in [2.24, 2.45) is 5.41 Å². The number of phenolic OH excluding ortho intramolecular Hbond substituents is 1. The standard InChI is InChI=1S/C18H31NO2/c1-4-6-10-18(5-2,15-19-11-12-21-3)14-16-8-7-9-17(20)13-16/h7-9,13,19-20H,4-6,10-12,14-15H2,1-3H3. The fourth-order valence-corrected chi connectivity index (χ4v) is 2.85. The quantitative estimate of drug-likeness (QED) is 0.610. The van der Waals surface area contributed by atoms with Crippen molar-refractivity contribution in [2.45, 2.75) is 46.0 Å². The van der Waals surface area contributed by atoms with E-state index in [4.69, 9.17) is 4.74 Å². The monoisotopic (exact) mass is 293 g/mol. The summed E-state index contributed by atoms with van der Waals surface area (Å²) in [6, 6.07) is 7.68. The zero-order valence-corrected chi connectivity index (χ0v) is 13.8. The van der Waals surface area contributed by atoms with Gasteiger partial charge in [-0.25, -0.2) is 0 Å². The molecule has 0 radical (unpaired) electrons. The molecule has 1 rings (SSSR count). The van der Waals surface area contributed by atoms with Crippen LogP contribution in [0.4, 0.5) is 0 Å². The number of benzene rings is 1. The van der Waals surface area contributed by atoms with E-state index in [1.54, 1.807) is 13.2 Å². The van der Waals surface area contributed by atoms with Crippen LogP contribution < -0.4 is 5.32 Å². The maximum atomic E-state index is 9.67. The first-order valence-corrected chi connectivity index (χ1v) is 8.13. The van der Waals surface area contributed by atoms with E-state index in [2.05, 4.69) is 25.2 Å². The molecule has 3 heteroatoms. The topological polar surface area (TPSA) is 41.5 Å². The van der Waals surface area contributed by atoms with Crippen LogP contribution in [0.25, 0.3) is 0 Å². The van der Waals surface area contributed by atoms with Crippen LogP contribution in [-0.4, -0.2) is 31.9 Å². The van der Waals surface area contributed by atoms with Crippen LogP contribution in [0.15, 0.2) is 24.3 Å². The SMILES string of the molecule is CCCCC(CC)(CNCCOC)Cc1cccc(O)c1. The highest BCUT2D eigenvalue weighted by atomic mass is 16.5. The van der Waals surface area contributed by atoms with Crippen molar-refractivity contribution in [3.05, 3.63) is 29.8 Å². The van der Waals surface area contributed by atoms with Gasteiger partial charge >= 0.3 is 0 Å². The molecule has 0 spiro atoms. The van der Waals surface area contributed by atoms with Crippen molar-refractivity contribution < 1.29 is 9.84 Å². The summed E-state index contributed by atoms with van der Waals surface area (Å²) in [5.41, 5.74) is 1.49. The molecule has 1 unspecified atom stereocenters. The minimum Gasteiger partial charge on any atom is -0.508 e. The Bertz CT molecular complexity index is 395. The van der Waals surface area contributed by atoms with E-state index in [1.807, 2.05) is 12.1 Å². The normalized spacial score (nSPS) is 14.0. The van der Waals surface area contributed by atoms with Crippen molar-refractivity contribution in [1.29, 1.82) is 0 Å². The lowest BCUT2D eigenvalue weighted by molar-refractivity contribution is 0.182. The van der Waals surface area contributed by atoms with Crippen LogP contribution in [0.3, 0.4) is 0 Å². The third-order valence-electron chi connectivity index (χ3n) is 4.28. The lowest BCUT2D eigenvalue weighted by Gasteiger charge is -2.34. The predicted molar refractivity (Wildman–Crippen MR) is 88.8 cm³/mol. The Hall–Kier alpha value is -1.06. The number of ether oxygens (including phenoxy) is 1. The van der Waals surface area contributed by atoms with E-state index >= 15 is 0 Å². The molecule has 0 fully saturated rings. The van der Waals surface area contributed by atoms with Gasteiger partial charge in [0.15, 0.2) is 0 Å². The van der Waals surface area contributed by atoms with Crippen molar-refractivity contribution in [3.63, 3.8) is 0 Å².